The van der Waals surface area contributed by atoms with Crippen molar-refractivity contribution >= 4 is 171 Å². The zero-order valence-electron chi connectivity index (χ0n) is 29.4. The Labute approximate surface area is 407 Å². The van der Waals surface area contributed by atoms with Gasteiger partial charge < -0.3 is 72.3 Å². The van der Waals surface area contributed by atoms with E-state index in [4.69, 9.17) is 0 Å². The lowest BCUT2D eigenvalue weighted by molar-refractivity contribution is -0.130. The highest BCUT2D eigenvalue weighted by molar-refractivity contribution is 14.1. The highest BCUT2D eigenvalue weighted by atomic mass is 127. The Morgan fingerprint density at radius 3 is 1.49 bits per heavy atom. The average Bonchev–Trinajstić information content (AvgIpc) is 3.18. The van der Waals surface area contributed by atoms with E-state index in [1.54, 1.807) is 22.6 Å². The van der Waals surface area contributed by atoms with Gasteiger partial charge in [0, 0.05) is 58.4 Å². The number of allylic oxidation sites excluding steroid dienone is 2. The van der Waals surface area contributed by atoms with Crippen molar-refractivity contribution < 1.29 is 69.6 Å². The van der Waals surface area contributed by atoms with Gasteiger partial charge in [0.25, 0.3) is 11.8 Å². The molecule has 57 heavy (non-hydrogen) atoms. The molecule has 6 amide bonds. The molecule has 0 aromatic rings. The lowest BCUT2D eigenvalue weighted by atomic mass is 9.91. The molecular formula is C31H40I6N6O14. The predicted molar refractivity (Wildman–Crippen MR) is 252 cm³/mol. The molecule has 0 saturated heterocycles. The summed E-state index contributed by atoms with van der Waals surface area (Å²) in [6, 6.07) is 0. The van der Waals surface area contributed by atoms with Crippen molar-refractivity contribution in [2.24, 2.45) is 11.8 Å². The fraction of sp³-hybridized carbons (Fsp3) is 0.548. The fourth-order valence-electron chi connectivity index (χ4n) is 5.08. The van der Waals surface area contributed by atoms with E-state index in [1.165, 1.54) is 0 Å². The first-order valence-electron chi connectivity index (χ1n) is 16.5. The van der Waals surface area contributed by atoms with Crippen LogP contribution in [0.3, 0.4) is 0 Å². The second kappa shape index (κ2) is 25.7. The normalized spacial score (nSPS) is 21.4. The van der Waals surface area contributed by atoms with Gasteiger partial charge in [0.2, 0.25) is 23.6 Å². The topological polar surface area (TPSA) is 328 Å². The average molecular weight is 1480 g/mol. The summed E-state index contributed by atoms with van der Waals surface area (Å²) in [5.74, 6) is -6.68. The second-order valence-electron chi connectivity index (χ2n) is 12.1. The molecule has 0 saturated carbocycles. The molecule has 13 N–H and O–H groups in total. The summed E-state index contributed by atoms with van der Waals surface area (Å²) in [5, 5.41) is 89.7. The third kappa shape index (κ3) is 14.4. The number of hydrogen-bond acceptors (Lipinski definition) is 14. The molecule has 320 valence electrons. The summed E-state index contributed by atoms with van der Waals surface area (Å²) >= 11 is 11.0. The monoisotopic (exact) mass is 1480 g/mol. The van der Waals surface area contributed by atoms with Gasteiger partial charge in [0.15, 0.2) is 0 Å². The number of nitrogens with one attached hydrogen (secondary N) is 5. The number of aliphatic hydroxyl groups is 8. The van der Waals surface area contributed by atoms with E-state index in [1.807, 2.05) is 113 Å². The van der Waals surface area contributed by atoms with E-state index in [0.717, 1.165) is 4.90 Å². The van der Waals surface area contributed by atoms with Crippen LogP contribution in [0.25, 0.3) is 0 Å². The number of nitrogens with zero attached hydrogens (tertiary/aromatic N) is 1. The van der Waals surface area contributed by atoms with E-state index in [9.17, 15) is 69.6 Å². The highest BCUT2D eigenvalue weighted by Crippen LogP contribution is 2.45. The maximum Gasteiger partial charge on any atom is 0.255 e. The summed E-state index contributed by atoms with van der Waals surface area (Å²) < 4.78 is -0.677. The number of carbonyl (C=O) groups excluding carboxylic acids is 6. The van der Waals surface area contributed by atoms with Gasteiger partial charge in [-0.25, -0.2) is 0 Å². The van der Waals surface area contributed by atoms with Crippen LogP contribution in [-0.2, 0) is 28.8 Å². The number of carbonyl (C=O) groups is 6. The molecular weight excluding hydrogens is 1440 g/mol. The van der Waals surface area contributed by atoms with Crippen molar-refractivity contribution in [1.82, 2.24) is 31.5 Å². The van der Waals surface area contributed by atoms with Gasteiger partial charge in [0.1, 0.15) is 13.2 Å². The SMILES string of the molecule is O=C(CO)NC1=C(I)C(C(=O)NCC(O)CO)=C(I)C(C(=O)NCCN(CC(O)CO)C(=O)C2=C(I)C(C(=O)NCC(O)CO)C(I)C(NC(=O)CO)=C2I)C1I. The summed E-state index contributed by atoms with van der Waals surface area (Å²) in [6.45, 7) is -5.46. The Bertz CT molecular complexity index is 1680. The van der Waals surface area contributed by atoms with E-state index in [2.05, 4.69) is 26.6 Å². The molecule has 2 rings (SSSR count). The van der Waals surface area contributed by atoms with Crippen molar-refractivity contribution in [2.75, 3.05) is 65.8 Å². The molecule has 0 bridgehead atoms. The summed E-state index contributed by atoms with van der Waals surface area (Å²) in [6.07, 6.45) is -4.00. The number of rotatable bonds is 20. The Kier molecular flexibility index (Phi) is 23.9. The molecule has 0 heterocycles. The van der Waals surface area contributed by atoms with Gasteiger partial charge in [-0.2, -0.15) is 0 Å². The lowest BCUT2D eigenvalue weighted by Gasteiger charge is -2.34. The van der Waals surface area contributed by atoms with Crippen LogP contribution in [-0.4, -0.2) is 173 Å². The van der Waals surface area contributed by atoms with Crippen LogP contribution in [0.5, 0.6) is 0 Å². The van der Waals surface area contributed by atoms with Gasteiger partial charge in [0.05, 0.1) is 69.0 Å². The van der Waals surface area contributed by atoms with E-state index >= 15 is 0 Å². The molecule has 0 aliphatic heterocycles. The number of halogens is 6. The van der Waals surface area contributed by atoms with E-state index in [-0.39, 0.29) is 63.0 Å². The van der Waals surface area contributed by atoms with Crippen LogP contribution in [0.4, 0.5) is 0 Å². The Morgan fingerprint density at radius 1 is 0.614 bits per heavy atom. The molecule has 26 heteroatoms. The van der Waals surface area contributed by atoms with Crippen molar-refractivity contribution in [1.29, 1.82) is 0 Å². The quantitative estimate of drug-likeness (QED) is 0.0427. The Morgan fingerprint density at radius 2 is 1.04 bits per heavy atom. The van der Waals surface area contributed by atoms with Crippen LogP contribution in [0, 0.1) is 11.8 Å². The minimum absolute atomic E-state index is 0.00665. The van der Waals surface area contributed by atoms with Crippen molar-refractivity contribution in [3.63, 3.8) is 0 Å². The molecule has 0 spiro atoms. The minimum Gasteiger partial charge on any atom is -0.394 e. The molecule has 7 atom stereocenters. The maximum atomic E-state index is 14.4. The van der Waals surface area contributed by atoms with Crippen molar-refractivity contribution in [3.8, 4) is 0 Å². The number of hydrogen-bond donors (Lipinski definition) is 13. The highest BCUT2D eigenvalue weighted by Gasteiger charge is 2.44. The Hall–Kier alpha value is -0.160. The fourth-order valence-corrected chi connectivity index (χ4v) is 15.3. The standard InChI is InChI=1S/C31H40I6N6O14/c32-20-16(22(34)26(41-14(52)9-47)23(35)17(20)29(55)39-3-11(49)6-44)28(54)38-1-2-43(5-13(51)8-46)31(57)19-21(33)18(30(56)40-4-12(50)7-45)24(36)27(25(19)37)42-15(53)10-48/h11-13,16,18,22,24,44-51H,1-10H2,(H,38,54)(H,39,55)(H,40,56)(H,41,52)(H,42,53). The summed E-state index contributed by atoms with van der Waals surface area (Å²) in [7, 11) is 0. The first-order valence-corrected chi connectivity index (χ1v) is 23.3. The molecule has 0 fully saturated rings. The zero-order valence-corrected chi connectivity index (χ0v) is 42.3. The molecule has 2 aliphatic rings. The number of alkyl halides is 2. The van der Waals surface area contributed by atoms with Gasteiger partial charge in [-0.1, -0.05) is 45.2 Å². The smallest absolute Gasteiger partial charge is 0.255 e. The largest absolute Gasteiger partial charge is 0.394 e. The van der Waals surface area contributed by atoms with Crippen molar-refractivity contribution in [3.05, 3.63) is 36.9 Å². The van der Waals surface area contributed by atoms with E-state index < -0.39 is 113 Å². The third-order valence-electron chi connectivity index (χ3n) is 7.96. The first-order chi connectivity index (χ1) is 26.8. The molecule has 20 nitrogen and oxygen atoms in total. The predicted octanol–water partition coefficient (Wildman–Crippen LogP) is -3.02. The number of amides is 6. The van der Waals surface area contributed by atoms with Crippen LogP contribution in [0.15, 0.2) is 36.9 Å². The zero-order chi connectivity index (χ0) is 43.3. The number of aliphatic hydroxyl groups excluding tert-OH is 8. The van der Waals surface area contributed by atoms with Crippen molar-refractivity contribution in [2.45, 2.75) is 26.2 Å². The van der Waals surface area contributed by atoms with Gasteiger partial charge in [-0.05, 0) is 90.4 Å². The molecule has 0 radical (unpaired) electrons. The second-order valence-corrected chi connectivity index (χ2v) is 19.2. The third-order valence-corrected chi connectivity index (χ3v) is 15.3. The lowest BCUT2D eigenvalue weighted by Crippen LogP contribution is -2.49. The summed E-state index contributed by atoms with van der Waals surface area (Å²) in [5.41, 5.74) is 0.184. The molecule has 0 aromatic carbocycles. The van der Waals surface area contributed by atoms with Gasteiger partial charge in [-0.15, -0.1) is 0 Å². The first kappa shape index (κ1) is 53.0. The van der Waals surface area contributed by atoms with Crippen LogP contribution in [0.1, 0.15) is 0 Å². The van der Waals surface area contributed by atoms with Gasteiger partial charge >= 0.3 is 0 Å². The van der Waals surface area contributed by atoms with Crippen LogP contribution < -0.4 is 26.6 Å². The van der Waals surface area contributed by atoms with Gasteiger partial charge in [-0.3, -0.25) is 28.8 Å². The van der Waals surface area contributed by atoms with Crippen LogP contribution in [0.2, 0.25) is 0 Å². The van der Waals surface area contributed by atoms with E-state index in [0.29, 0.717) is 0 Å². The molecule has 7 unspecified atom stereocenters. The maximum absolute atomic E-state index is 14.4. The summed E-state index contributed by atoms with van der Waals surface area (Å²) in [4.78, 5) is 80.8. The Balaban J connectivity index is 2.53. The molecule has 0 aromatic heterocycles. The minimum atomic E-state index is -1.45. The molecule has 2 aliphatic carbocycles. The van der Waals surface area contributed by atoms with Crippen LogP contribution >= 0.6 is 136 Å².